The minimum absolute atomic E-state index is 0.0469. The van der Waals surface area contributed by atoms with Crippen molar-refractivity contribution in [1.29, 1.82) is 0 Å². The molecule has 1 fully saturated rings. The normalized spacial score (nSPS) is 18.0. The molecule has 0 aromatic heterocycles. The van der Waals surface area contributed by atoms with E-state index in [1.54, 1.807) is 42.5 Å². The zero-order valence-electron chi connectivity index (χ0n) is 17.1. The van der Waals surface area contributed by atoms with E-state index in [9.17, 15) is 14.7 Å². The van der Waals surface area contributed by atoms with E-state index in [4.69, 9.17) is 21.1 Å². The standard InChI is InChI=1S/C23H24ClNO5/c1-4-5-12-25-20(15-8-11-17(29-2)18(13-15)30-3)19(22(27)23(25)28)21(26)14-6-9-16(24)10-7-14/h6-11,13,20,26H,4-5,12H2,1-3H3/b21-19+/t20-/m1/s1. The van der Waals surface area contributed by atoms with Gasteiger partial charge in [-0.25, -0.2) is 0 Å². The van der Waals surface area contributed by atoms with Gasteiger partial charge in [-0.3, -0.25) is 9.59 Å². The van der Waals surface area contributed by atoms with E-state index < -0.39 is 17.7 Å². The van der Waals surface area contributed by atoms with Crippen LogP contribution >= 0.6 is 11.6 Å². The van der Waals surface area contributed by atoms with Crippen LogP contribution in [0.15, 0.2) is 48.0 Å². The number of carbonyl (C=O) groups excluding carboxylic acids is 2. The maximum Gasteiger partial charge on any atom is 0.295 e. The Morgan fingerprint density at radius 1 is 1.07 bits per heavy atom. The molecule has 1 aliphatic rings. The van der Waals surface area contributed by atoms with Gasteiger partial charge in [0, 0.05) is 17.1 Å². The van der Waals surface area contributed by atoms with Crippen molar-refractivity contribution < 1.29 is 24.2 Å². The number of hydrogen-bond donors (Lipinski definition) is 1. The lowest BCUT2D eigenvalue weighted by molar-refractivity contribution is -0.139. The van der Waals surface area contributed by atoms with Crippen LogP contribution in [-0.2, 0) is 9.59 Å². The number of carbonyl (C=O) groups is 2. The monoisotopic (exact) mass is 429 g/mol. The number of aliphatic hydroxyl groups is 1. The van der Waals surface area contributed by atoms with Crippen LogP contribution < -0.4 is 9.47 Å². The first kappa shape index (κ1) is 21.7. The number of likely N-dealkylation sites (tertiary alicyclic amines) is 1. The third kappa shape index (κ3) is 4.00. The van der Waals surface area contributed by atoms with Crippen LogP contribution in [0.3, 0.4) is 0 Å². The summed E-state index contributed by atoms with van der Waals surface area (Å²) in [7, 11) is 3.05. The summed E-state index contributed by atoms with van der Waals surface area (Å²) in [5, 5.41) is 11.5. The molecule has 1 saturated heterocycles. The van der Waals surface area contributed by atoms with E-state index in [1.807, 2.05) is 6.92 Å². The Morgan fingerprint density at radius 3 is 2.33 bits per heavy atom. The van der Waals surface area contributed by atoms with Crippen LogP contribution in [-0.4, -0.2) is 42.5 Å². The smallest absolute Gasteiger partial charge is 0.295 e. The summed E-state index contributed by atoms with van der Waals surface area (Å²) in [4.78, 5) is 27.3. The summed E-state index contributed by atoms with van der Waals surface area (Å²) in [6.07, 6.45) is 1.59. The third-order valence-corrected chi connectivity index (χ3v) is 5.39. The number of unbranched alkanes of at least 4 members (excludes halogenated alkanes) is 1. The summed E-state index contributed by atoms with van der Waals surface area (Å²) < 4.78 is 10.7. The molecule has 6 nitrogen and oxygen atoms in total. The van der Waals surface area contributed by atoms with Crippen molar-refractivity contribution in [2.75, 3.05) is 20.8 Å². The van der Waals surface area contributed by atoms with Gasteiger partial charge in [-0.05, 0) is 48.4 Å². The number of benzene rings is 2. The van der Waals surface area contributed by atoms with Crippen molar-refractivity contribution in [2.24, 2.45) is 0 Å². The topological polar surface area (TPSA) is 76.1 Å². The van der Waals surface area contributed by atoms with Crippen molar-refractivity contribution in [2.45, 2.75) is 25.8 Å². The molecule has 30 heavy (non-hydrogen) atoms. The highest BCUT2D eigenvalue weighted by Gasteiger charge is 2.45. The average Bonchev–Trinajstić information content (AvgIpc) is 3.01. The first-order chi connectivity index (χ1) is 14.4. The third-order valence-electron chi connectivity index (χ3n) is 5.13. The molecule has 2 aromatic carbocycles. The molecule has 1 amide bonds. The summed E-state index contributed by atoms with van der Waals surface area (Å²) in [6, 6.07) is 11.0. The molecular weight excluding hydrogens is 406 g/mol. The zero-order chi connectivity index (χ0) is 21.8. The Hall–Kier alpha value is -2.99. The van der Waals surface area contributed by atoms with Crippen molar-refractivity contribution in [3.63, 3.8) is 0 Å². The summed E-state index contributed by atoms with van der Waals surface area (Å²) >= 11 is 5.94. The van der Waals surface area contributed by atoms with Crippen LogP contribution in [0.25, 0.3) is 5.76 Å². The van der Waals surface area contributed by atoms with Crippen molar-refractivity contribution >= 4 is 29.1 Å². The number of ether oxygens (including phenoxy) is 2. The van der Waals surface area contributed by atoms with E-state index in [1.165, 1.54) is 19.1 Å². The molecule has 0 aliphatic carbocycles. The van der Waals surface area contributed by atoms with Gasteiger partial charge < -0.3 is 19.5 Å². The number of Topliss-reactive ketones (excluding diaryl/α,β-unsaturated/α-hetero) is 1. The van der Waals surface area contributed by atoms with Gasteiger partial charge in [-0.1, -0.05) is 31.0 Å². The molecule has 1 N–H and O–H groups in total. The fourth-order valence-electron chi connectivity index (χ4n) is 3.57. The van der Waals surface area contributed by atoms with Gasteiger partial charge in [-0.15, -0.1) is 0 Å². The van der Waals surface area contributed by atoms with Crippen LogP contribution in [0, 0.1) is 0 Å². The number of halogens is 1. The Balaban J connectivity index is 2.18. The van der Waals surface area contributed by atoms with Gasteiger partial charge in [0.25, 0.3) is 11.7 Å². The van der Waals surface area contributed by atoms with Crippen molar-refractivity contribution in [3.8, 4) is 11.5 Å². The molecule has 1 aliphatic heterocycles. The first-order valence-corrected chi connectivity index (χ1v) is 10.1. The fourth-order valence-corrected chi connectivity index (χ4v) is 3.70. The minimum atomic E-state index is -0.730. The Morgan fingerprint density at radius 2 is 1.73 bits per heavy atom. The molecular formula is C23H24ClNO5. The second kappa shape index (κ2) is 9.22. The summed E-state index contributed by atoms with van der Waals surface area (Å²) in [5.41, 5.74) is 1.11. The molecule has 2 aromatic rings. The predicted octanol–water partition coefficient (Wildman–Crippen LogP) is 4.58. The van der Waals surface area contributed by atoms with Gasteiger partial charge in [0.2, 0.25) is 0 Å². The molecule has 7 heteroatoms. The molecule has 3 rings (SSSR count). The zero-order valence-corrected chi connectivity index (χ0v) is 17.9. The van der Waals surface area contributed by atoms with Crippen molar-refractivity contribution in [3.05, 3.63) is 64.2 Å². The Bertz CT molecular complexity index is 984. The van der Waals surface area contributed by atoms with Gasteiger partial charge in [0.15, 0.2) is 11.5 Å². The second-order valence-electron chi connectivity index (χ2n) is 6.97. The van der Waals surface area contributed by atoms with E-state index in [2.05, 4.69) is 0 Å². The number of ketones is 1. The van der Waals surface area contributed by atoms with E-state index >= 15 is 0 Å². The summed E-state index contributed by atoms with van der Waals surface area (Å²) in [5.74, 6) is -0.562. The van der Waals surface area contributed by atoms with E-state index in [0.717, 1.165) is 12.8 Å². The molecule has 0 spiro atoms. The number of nitrogens with zero attached hydrogens (tertiary/aromatic N) is 1. The van der Waals surface area contributed by atoms with E-state index in [0.29, 0.717) is 34.2 Å². The van der Waals surface area contributed by atoms with Crippen LogP contribution in [0.5, 0.6) is 11.5 Å². The quantitative estimate of drug-likeness (QED) is 0.396. The SMILES string of the molecule is CCCCN1C(=O)C(=O)/C(=C(/O)c2ccc(Cl)cc2)[C@H]1c1ccc(OC)c(OC)c1. The molecule has 0 unspecified atom stereocenters. The lowest BCUT2D eigenvalue weighted by Gasteiger charge is -2.25. The average molecular weight is 430 g/mol. The Labute approximate surface area is 180 Å². The molecule has 1 atom stereocenters. The molecule has 0 bridgehead atoms. The first-order valence-electron chi connectivity index (χ1n) is 9.69. The number of amides is 1. The highest BCUT2D eigenvalue weighted by molar-refractivity contribution is 6.46. The highest BCUT2D eigenvalue weighted by atomic mass is 35.5. The van der Waals surface area contributed by atoms with Gasteiger partial charge in [0.1, 0.15) is 5.76 Å². The van der Waals surface area contributed by atoms with Crippen LogP contribution in [0.2, 0.25) is 5.02 Å². The summed E-state index contributed by atoms with van der Waals surface area (Å²) in [6.45, 7) is 2.41. The lowest BCUT2D eigenvalue weighted by atomic mass is 9.95. The number of hydrogen-bond acceptors (Lipinski definition) is 5. The van der Waals surface area contributed by atoms with Crippen LogP contribution in [0.1, 0.15) is 36.9 Å². The predicted molar refractivity (Wildman–Crippen MR) is 115 cm³/mol. The van der Waals surface area contributed by atoms with Gasteiger partial charge in [-0.2, -0.15) is 0 Å². The van der Waals surface area contributed by atoms with Gasteiger partial charge >= 0.3 is 0 Å². The number of aliphatic hydroxyl groups excluding tert-OH is 1. The highest BCUT2D eigenvalue weighted by Crippen LogP contribution is 2.42. The number of rotatable bonds is 7. The molecule has 0 saturated carbocycles. The fraction of sp³-hybridized carbons (Fsp3) is 0.304. The molecule has 158 valence electrons. The minimum Gasteiger partial charge on any atom is -0.507 e. The largest absolute Gasteiger partial charge is 0.507 e. The molecule has 1 heterocycles. The van der Waals surface area contributed by atoms with Crippen molar-refractivity contribution in [1.82, 2.24) is 4.90 Å². The van der Waals surface area contributed by atoms with Gasteiger partial charge in [0.05, 0.1) is 25.8 Å². The lowest BCUT2D eigenvalue weighted by Crippen LogP contribution is -2.30. The number of methoxy groups -OCH3 is 2. The second-order valence-corrected chi connectivity index (χ2v) is 7.40. The molecule has 0 radical (unpaired) electrons. The van der Waals surface area contributed by atoms with E-state index in [-0.39, 0.29) is 11.3 Å². The Kier molecular flexibility index (Phi) is 6.67. The van der Waals surface area contributed by atoms with Crippen LogP contribution in [0.4, 0.5) is 0 Å². The maximum atomic E-state index is 12.9. The maximum absolute atomic E-state index is 12.9.